The zero-order valence-electron chi connectivity index (χ0n) is 13.4. The standard InChI is InChI=1S/C18H18ClNO4/c1-12(15-5-3-4-6-16(15)19)20-18(22)11-24-17-8-7-14(23-2)9-13(17)10-21/h3-10,12H,11H2,1-2H3,(H,20,22). The van der Waals surface area contributed by atoms with Crippen molar-refractivity contribution in [2.75, 3.05) is 13.7 Å². The largest absolute Gasteiger partial charge is 0.497 e. The Balaban J connectivity index is 1.96. The smallest absolute Gasteiger partial charge is 0.258 e. The third-order valence-corrected chi connectivity index (χ3v) is 3.80. The van der Waals surface area contributed by atoms with Crippen LogP contribution in [0, 0.1) is 0 Å². The molecule has 1 unspecified atom stereocenters. The Kier molecular flexibility index (Phi) is 6.21. The summed E-state index contributed by atoms with van der Waals surface area (Å²) < 4.78 is 10.5. The van der Waals surface area contributed by atoms with Crippen molar-refractivity contribution in [2.24, 2.45) is 0 Å². The summed E-state index contributed by atoms with van der Waals surface area (Å²) in [6.07, 6.45) is 0.655. The molecule has 0 saturated carbocycles. The van der Waals surface area contributed by atoms with E-state index in [0.717, 1.165) is 5.56 Å². The van der Waals surface area contributed by atoms with Gasteiger partial charge in [-0.05, 0) is 36.8 Å². The number of methoxy groups -OCH3 is 1. The number of carbonyl (C=O) groups excluding carboxylic acids is 2. The van der Waals surface area contributed by atoms with Crippen molar-refractivity contribution in [3.05, 3.63) is 58.6 Å². The lowest BCUT2D eigenvalue weighted by Gasteiger charge is -2.16. The first-order valence-corrected chi connectivity index (χ1v) is 7.72. The van der Waals surface area contributed by atoms with Crippen molar-refractivity contribution in [1.29, 1.82) is 0 Å². The topological polar surface area (TPSA) is 64.6 Å². The maximum absolute atomic E-state index is 12.0. The molecule has 6 heteroatoms. The van der Waals surface area contributed by atoms with Crippen LogP contribution in [0.2, 0.25) is 5.02 Å². The molecule has 126 valence electrons. The van der Waals surface area contributed by atoms with Crippen LogP contribution in [0.15, 0.2) is 42.5 Å². The van der Waals surface area contributed by atoms with Gasteiger partial charge in [0.05, 0.1) is 18.7 Å². The Morgan fingerprint density at radius 2 is 2.04 bits per heavy atom. The number of carbonyl (C=O) groups is 2. The molecule has 5 nitrogen and oxygen atoms in total. The lowest BCUT2D eigenvalue weighted by Crippen LogP contribution is -2.31. The van der Waals surface area contributed by atoms with Crippen molar-refractivity contribution < 1.29 is 19.1 Å². The van der Waals surface area contributed by atoms with E-state index in [2.05, 4.69) is 5.32 Å². The molecule has 0 heterocycles. The van der Waals surface area contributed by atoms with Crippen molar-refractivity contribution in [2.45, 2.75) is 13.0 Å². The third kappa shape index (κ3) is 4.49. The molecule has 0 saturated heterocycles. The second kappa shape index (κ2) is 8.36. The maximum atomic E-state index is 12.0. The molecule has 1 atom stereocenters. The Bertz CT molecular complexity index is 733. The summed E-state index contributed by atoms with van der Waals surface area (Å²) in [6.45, 7) is 1.63. The van der Waals surface area contributed by atoms with E-state index in [4.69, 9.17) is 21.1 Å². The number of aldehydes is 1. The molecule has 2 aromatic rings. The lowest BCUT2D eigenvalue weighted by atomic mass is 10.1. The summed E-state index contributed by atoms with van der Waals surface area (Å²) in [5, 5.41) is 3.39. The highest BCUT2D eigenvalue weighted by Crippen LogP contribution is 2.23. The molecule has 0 fully saturated rings. The Labute approximate surface area is 145 Å². The van der Waals surface area contributed by atoms with Crippen LogP contribution in [0.25, 0.3) is 0 Å². The Morgan fingerprint density at radius 3 is 2.71 bits per heavy atom. The monoisotopic (exact) mass is 347 g/mol. The maximum Gasteiger partial charge on any atom is 0.258 e. The second-order valence-electron chi connectivity index (χ2n) is 5.12. The molecule has 0 aliphatic heterocycles. The first kappa shape index (κ1) is 17.8. The summed E-state index contributed by atoms with van der Waals surface area (Å²) in [4.78, 5) is 23.1. The minimum absolute atomic E-state index is 0.206. The van der Waals surface area contributed by atoms with Gasteiger partial charge in [0, 0.05) is 5.02 Å². The Hall–Kier alpha value is -2.53. The van der Waals surface area contributed by atoms with E-state index in [-0.39, 0.29) is 18.6 Å². The lowest BCUT2D eigenvalue weighted by molar-refractivity contribution is -0.123. The minimum Gasteiger partial charge on any atom is -0.497 e. The highest BCUT2D eigenvalue weighted by Gasteiger charge is 2.13. The zero-order valence-corrected chi connectivity index (χ0v) is 14.2. The van der Waals surface area contributed by atoms with Crippen LogP contribution in [0.4, 0.5) is 0 Å². The van der Waals surface area contributed by atoms with E-state index >= 15 is 0 Å². The van der Waals surface area contributed by atoms with Gasteiger partial charge in [0.2, 0.25) is 0 Å². The van der Waals surface area contributed by atoms with Crippen LogP contribution in [0.5, 0.6) is 11.5 Å². The average Bonchev–Trinajstić information content (AvgIpc) is 2.60. The molecule has 1 amide bonds. The summed E-state index contributed by atoms with van der Waals surface area (Å²) in [7, 11) is 1.51. The average molecular weight is 348 g/mol. The molecule has 2 rings (SSSR count). The fourth-order valence-electron chi connectivity index (χ4n) is 2.21. The summed E-state index contributed by atoms with van der Waals surface area (Å²) in [5.74, 6) is 0.558. The predicted molar refractivity (Wildman–Crippen MR) is 91.9 cm³/mol. The van der Waals surface area contributed by atoms with Crippen molar-refractivity contribution in [3.63, 3.8) is 0 Å². The summed E-state index contributed by atoms with van der Waals surface area (Å²) >= 11 is 6.11. The van der Waals surface area contributed by atoms with E-state index in [1.165, 1.54) is 7.11 Å². The molecule has 0 spiro atoms. The van der Waals surface area contributed by atoms with E-state index in [9.17, 15) is 9.59 Å². The first-order valence-electron chi connectivity index (χ1n) is 7.35. The SMILES string of the molecule is COc1ccc(OCC(=O)NC(C)c2ccccc2Cl)c(C=O)c1. The third-order valence-electron chi connectivity index (χ3n) is 3.45. The number of halogens is 1. The van der Waals surface area contributed by atoms with Crippen molar-refractivity contribution in [3.8, 4) is 11.5 Å². The van der Waals surface area contributed by atoms with Gasteiger partial charge in [-0.15, -0.1) is 0 Å². The van der Waals surface area contributed by atoms with Gasteiger partial charge in [-0.25, -0.2) is 0 Å². The Morgan fingerprint density at radius 1 is 1.29 bits per heavy atom. The number of nitrogens with one attached hydrogen (secondary N) is 1. The number of hydrogen-bond donors (Lipinski definition) is 1. The van der Waals surface area contributed by atoms with Gasteiger partial charge in [0.1, 0.15) is 11.5 Å². The number of benzene rings is 2. The van der Waals surface area contributed by atoms with Crippen molar-refractivity contribution >= 4 is 23.8 Å². The molecule has 0 bridgehead atoms. The van der Waals surface area contributed by atoms with Gasteiger partial charge in [-0.3, -0.25) is 9.59 Å². The van der Waals surface area contributed by atoms with Crippen LogP contribution in [-0.4, -0.2) is 25.9 Å². The quantitative estimate of drug-likeness (QED) is 0.779. The fourth-order valence-corrected chi connectivity index (χ4v) is 2.51. The van der Waals surface area contributed by atoms with Gasteiger partial charge >= 0.3 is 0 Å². The van der Waals surface area contributed by atoms with Gasteiger partial charge in [-0.1, -0.05) is 29.8 Å². The molecule has 2 aromatic carbocycles. The van der Waals surface area contributed by atoms with Gasteiger partial charge in [0.15, 0.2) is 12.9 Å². The first-order chi connectivity index (χ1) is 11.5. The van der Waals surface area contributed by atoms with Gasteiger partial charge < -0.3 is 14.8 Å². The molecule has 0 aromatic heterocycles. The van der Waals surface area contributed by atoms with Crippen LogP contribution < -0.4 is 14.8 Å². The normalized spacial score (nSPS) is 11.5. The van der Waals surface area contributed by atoms with Crippen molar-refractivity contribution in [1.82, 2.24) is 5.32 Å². The van der Waals surface area contributed by atoms with Crippen LogP contribution >= 0.6 is 11.6 Å². The van der Waals surface area contributed by atoms with E-state index in [1.807, 2.05) is 25.1 Å². The molecule has 1 N–H and O–H groups in total. The number of rotatable bonds is 7. The minimum atomic E-state index is -0.310. The van der Waals surface area contributed by atoms with E-state index in [0.29, 0.717) is 28.4 Å². The highest BCUT2D eigenvalue weighted by molar-refractivity contribution is 6.31. The molecule has 0 aliphatic carbocycles. The summed E-state index contributed by atoms with van der Waals surface area (Å²) in [5.41, 5.74) is 1.15. The molecular weight excluding hydrogens is 330 g/mol. The molecule has 24 heavy (non-hydrogen) atoms. The molecule has 0 radical (unpaired) electrons. The van der Waals surface area contributed by atoms with Crippen LogP contribution in [-0.2, 0) is 4.79 Å². The summed E-state index contributed by atoms with van der Waals surface area (Å²) in [6, 6.07) is 11.8. The van der Waals surface area contributed by atoms with Gasteiger partial charge in [-0.2, -0.15) is 0 Å². The number of ether oxygens (including phenoxy) is 2. The van der Waals surface area contributed by atoms with E-state index in [1.54, 1.807) is 24.3 Å². The van der Waals surface area contributed by atoms with Crippen LogP contribution in [0.3, 0.4) is 0 Å². The highest BCUT2D eigenvalue weighted by atomic mass is 35.5. The molecular formula is C18H18ClNO4. The second-order valence-corrected chi connectivity index (χ2v) is 5.53. The van der Waals surface area contributed by atoms with E-state index < -0.39 is 0 Å². The number of hydrogen-bond acceptors (Lipinski definition) is 4. The molecule has 0 aliphatic rings. The predicted octanol–water partition coefficient (Wildman–Crippen LogP) is 3.42. The van der Waals surface area contributed by atoms with Gasteiger partial charge in [0.25, 0.3) is 5.91 Å². The zero-order chi connectivity index (χ0) is 17.5. The fraction of sp³-hybridized carbons (Fsp3) is 0.222. The number of amides is 1. The van der Waals surface area contributed by atoms with Crippen LogP contribution in [0.1, 0.15) is 28.9 Å².